The van der Waals surface area contributed by atoms with Gasteiger partial charge in [0.05, 0.1) is 6.08 Å². The number of rotatable bonds is 4. The van der Waals surface area contributed by atoms with Gasteiger partial charge in [0.2, 0.25) is 0 Å². The van der Waals surface area contributed by atoms with Gasteiger partial charge in [0.25, 0.3) is 0 Å². The fraction of sp³-hybridized carbons (Fsp3) is 0.125. The van der Waals surface area contributed by atoms with Gasteiger partial charge in [-0.05, 0) is 0 Å². The number of anilines is 1. The molecule has 0 bridgehead atoms. The highest BCUT2D eigenvalue weighted by atomic mass is 35.5. The van der Waals surface area contributed by atoms with Crippen LogP contribution in [-0.4, -0.2) is 19.9 Å². The molecule has 1 aromatic carbocycles. The molecule has 0 spiro atoms. The third kappa shape index (κ3) is 4.21. The van der Waals surface area contributed by atoms with E-state index in [9.17, 15) is 4.79 Å². The zero-order chi connectivity index (χ0) is 13.7. The van der Waals surface area contributed by atoms with E-state index in [1.54, 1.807) is 12.3 Å². The number of carbonyl (C=O) groups excluding carboxylic acids is 1. The molecule has 0 saturated heterocycles. The second-order valence-electron chi connectivity index (χ2n) is 4.44. The van der Waals surface area contributed by atoms with Gasteiger partial charge in [0, 0.05) is 37.5 Å². The number of halogens is 1. The van der Waals surface area contributed by atoms with Gasteiger partial charge >= 0.3 is 0 Å². The summed E-state index contributed by atoms with van der Waals surface area (Å²) in [7, 11) is 3.99. The van der Waals surface area contributed by atoms with Crippen molar-refractivity contribution in [2.75, 3.05) is 19.0 Å². The van der Waals surface area contributed by atoms with E-state index in [0.717, 1.165) is 5.69 Å². The summed E-state index contributed by atoms with van der Waals surface area (Å²) in [5.41, 5.74) is 1.82. The number of nitrogens with zero attached hydrogens (tertiary/aromatic N) is 2. The molecule has 0 unspecified atom stereocenters. The minimum Gasteiger partial charge on any atom is -1.00 e. The van der Waals surface area contributed by atoms with Crippen molar-refractivity contribution < 1.29 is 21.8 Å². The minimum atomic E-state index is 0. The summed E-state index contributed by atoms with van der Waals surface area (Å²) < 4.78 is 1.86. The molecule has 0 saturated carbocycles. The van der Waals surface area contributed by atoms with Crippen molar-refractivity contribution in [2.24, 2.45) is 0 Å². The second-order valence-corrected chi connectivity index (χ2v) is 4.44. The molecular formula is C16H17ClN2O. The predicted octanol–water partition coefficient (Wildman–Crippen LogP) is -0.602. The molecule has 20 heavy (non-hydrogen) atoms. The summed E-state index contributed by atoms with van der Waals surface area (Å²) in [6.45, 7) is 0. The van der Waals surface area contributed by atoms with E-state index in [0.29, 0.717) is 5.56 Å². The number of hydrogen-bond donors (Lipinski definition) is 0. The molecule has 4 heteroatoms. The normalized spacial score (nSPS) is 10.1. The topological polar surface area (TPSA) is 24.2 Å². The maximum atomic E-state index is 11.9. The maximum absolute atomic E-state index is 11.9. The summed E-state index contributed by atoms with van der Waals surface area (Å²) in [5, 5.41) is 0. The molecule has 0 atom stereocenters. The zero-order valence-electron chi connectivity index (χ0n) is 11.5. The Kier molecular flexibility index (Phi) is 5.94. The summed E-state index contributed by atoms with van der Waals surface area (Å²) in [6, 6.07) is 13.2. The first-order valence-electron chi connectivity index (χ1n) is 6.12. The van der Waals surface area contributed by atoms with Gasteiger partial charge in [-0.1, -0.05) is 30.3 Å². The Bertz CT molecular complexity index is 577. The van der Waals surface area contributed by atoms with E-state index in [-0.39, 0.29) is 18.2 Å². The Labute approximate surface area is 125 Å². The molecular weight excluding hydrogens is 272 g/mol. The van der Waals surface area contributed by atoms with Crippen molar-refractivity contribution in [3.63, 3.8) is 0 Å². The van der Waals surface area contributed by atoms with Crippen LogP contribution in [0.2, 0.25) is 0 Å². The summed E-state index contributed by atoms with van der Waals surface area (Å²) >= 11 is 0. The number of allylic oxidation sites excluding steroid dienone is 1. The van der Waals surface area contributed by atoms with E-state index in [1.165, 1.54) is 0 Å². The number of hydrogen-bond acceptors (Lipinski definition) is 2. The van der Waals surface area contributed by atoms with Gasteiger partial charge in [0.1, 0.15) is 0 Å². The van der Waals surface area contributed by atoms with Crippen molar-refractivity contribution in [1.29, 1.82) is 0 Å². The largest absolute Gasteiger partial charge is 1.00 e. The lowest BCUT2D eigenvalue weighted by atomic mass is 10.1. The fourth-order valence-electron chi connectivity index (χ4n) is 1.68. The van der Waals surface area contributed by atoms with Crippen LogP contribution in [0.1, 0.15) is 10.4 Å². The monoisotopic (exact) mass is 288 g/mol. The van der Waals surface area contributed by atoms with Gasteiger partial charge in [-0.2, -0.15) is 4.57 Å². The van der Waals surface area contributed by atoms with E-state index in [2.05, 4.69) is 0 Å². The van der Waals surface area contributed by atoms with Crippen LogP contribution in [0.15, 0.2) is 60.9 Å². The molecule has 104 valence electrons. The molecule has 1 aromatic heterocycles. The van der Waals surface area contributed by atoms with Crippen molar-refractivity contribution in [3.05, 3.63) is 66.5 Å². The molecule has 0 N–H and O–H groups in total. The molecule has 0 aliphatic rings. The third-order valence-electron chi connectivity index (χ3n) is 2.81. The van der Waals surface area contributed by atoms with Crippen LogP contribution in [0.25, 0.3) is 6.20 Å². The van der Waals surface area contributed by atoms with E-state index in [1.807, 2.05) is 78.4 Å². The van der Waals surface area contributed by atoms with Gasteiger partial charge in [0.15, 0.2) is 24.4 Å². The molecule has 1 heterocycles. The highest BCUT2D eigenvalue weighted by molar-refractivity contribution is 6.05. The minimum absolute atomic E-state index is 0. The zero-order valence-corrected chi connectivity index (χ0v) is 12.3. The van der Waals surface area contributed by atoms with E-state index < -0.39 is 0 Å². The first-order chi connectivity index (χ1) is 9.16. The molecule has 2 rings (SSSR count). The van der Waals surface area contributed by atoms with Crippen LogP contribution in [0.4, 0.5) is 5.69 Å². The molecule has 2 aromatic rings. The molecule has 0 aliphatic heterocycles. The average molecular weight is 289 g/mol. The first kappa shape index (κ1) is 15.9. The molecule has 3 nitrogen and oxygen atoms in total. The van der Waals surface area contributed by atoms with Crippen molar-refractivity contribution in [2.45, 2.75) is 0 Å². The van der Waals surface area contributed by atoms with Crippen LogP contribution in [0.5, 0.6) is 0 Å². The SMILES string of the molecule is CN(C)c1cc[n+](C=CC(=O)c2ccccc2)cc1.[Cl-]. The van der Waals surface area contributed by atoms with Crippen LogP contribution in [-0.2, 0) is 0 Å². The quantitative estimate of drug-likeness (QED) is 0.426. The highest BCUT2D eigenvalue weighted by Gasteiger charge is 2.03. The molecule has 0 aliphatic carbocycles. The summed E-state index contributed by atoms with van der Waals surface area (Å²) in [6.07, 6.45) is 7.17. The molecule has 0 fully saturated rings. The summed E-state index contributed by atoms with van der Waals surface area (Å²) in [4.78, 5) is 13.9. The lowest BCUT2D eigenvalue weighted by Gasteiger charge is -2.09. The number of benzene rings is 1. The fourth-order valence-corrected chi connectivity index (χ4v) is 1.68. The van der Waals surface area contributed by atoms with Crippen LogP contribution < -0.4 is 21.9 Å². The Balaban J connectivity index is 0.00000200. The van der Waals surface area contributed by atoms with Crippen LogP contribution in [0, 0.1) is 0 Å². The standard InChI is InChI=1S/C16H17N2O.ClH/c1-17(2)15-8-11-18(12-9-15)13-10-16(19)14-6-4-3-5-7-14;/h3-13H,1-2H3;1H/q+1;/p-1. The Morgan fingerprint density at radius 1 is 1.05 bits per heavy atom. The third-order valence-corrected chi connectivity index (χ3v) is 2.81. The number of aromatic nitrogens is 1. The van der Waals surface area contributed by atoms with Crippen molar-refractivity contribution >= 4 is 17.7 Å². The molecule has 0 radical (unpaired) electrons. The van der Waals surface area contributed by atoms with E-state index in [4.69, 9.17) is 0 Å². The Morgan fingerprint density at radius 3 is 2.20 bits per heavy atom. The molecule has 0 amide bonds. The van der Waals surface area contributed by atoms with Gasteiger partial charge in [-0.25, -0.2) is 0 Å². The predicted molar refractivity (Wildman–Crippen MR) is 77.1 cm³/mol. The Hall–Kier alpha value is -2.13. The maximum Gasteiger partial charge on any atom is 0.191 e. The summed E-state index contributed by atoms with van der Waals surface area (Å²) in [5.74, 6) is 0.00443. The number of ketones is 1. The van der Waals surface area contributed by atoms with Gasteiger partial charge in [-0.3, -0.25) is 4.79 Å². The smallest absolute Gasteiger partial charge is 0.191 e. The van der Waals surface area contributed by atoms with Gasteiger partial charge < -0.3 is 17.3 Å². The highest BCUT2D eigenvalue weighted by Crippen LogP contribution is 2.06. The van der Waals surface area contributed by atoms with E-state index >= 15 is 0 Å². The van der Waals surface area contributed by atoms with Crippen LogP contribution >= 0.6 is 0 Å². The first-order valence-corrected chi connectivity index (χ1v) is 6.12. The Morgan fingerprint density at radius 2 is 1.65 bits per heavy atom. The lowest BCUT2D eigenvalue weighted by Crippen LogP contribution is -3.00. The second kappa shape index (κ2) is 7.46. The lowest BCUT2D eigenvalue weighted by molar-refractivity contribution is -0.568. The average Bonchev–Trinajstić information content (AvgIpc) is 2.46. The number of carbonyl (C=O) groups is 1. The van der Waals surface area contributed by atoms with Crippen molar-refractivity contribution in [1.82, 2.24) is 0 Å². The van der Waals surface area contributed by atoms with Crippen LogP contribution in [0.3, 0.4) is 0 Å². The van der Waals surface area contributed by atoms with Gasteiger partial charge in [-0.15, -0.1) is 0 Å². The van der Waals surface area contributed by atoms with Crippen molar-refractivity contribution in [3.8, 4) is 0 Å². The number of pyridine rings is 1.